The van der Waals surface area contributed by atoms with Gasteiger partial charge in [-0.15, -0.1) is 0 Å². The fourth-order valence-electron chi connectivity index (χ4n) is 14.1. The van der Waals surface area contributed by atoms with Crippen molar-refractivity contribution in [1.82, 2.24) is 20.2 Å². The first-order valence-electron chi connectivity index (χ1n) is 47.4. The van der Waals surface area contributed by atoms with Crippen LogP contribution in [0.1, 0.15) is 205 Å². The molecule has 0 bridgehead atoms. The van der Waals surface area contributed by atoms with Gasteiger partial charge in [-0.05, 0) is 185 Å². The molecule has 2 aliphatic rings. The predicted octanol–water partition coefficient (Wildman–Crippen LogP) is 12.3. The van der Waals surface area contributed by atoms with E-state index in [2.05, 4.69) is 35.4 Å². The highest BCUT2D eigenvalue weighted by molar-refractivity contribution is 5.95. The highest BCUT2D eigenvalue weighted by Crippen LogP contribution is 2.41. The number of carboxylic acid groups (broad SMARTS) is 1. The number of ether oxygens (including phenoxy) is 9. The first-order valence-corrected chi connectivity index (χ1v) is 46.0. The van der Waals surface area contributed by atoms with Crippen LogP contribution in [0.3, 0.4) is 0 Å². The highest BCUT2D eigenvalue weighted by atomic mass is 16.7. The number of nitrogens with zero attached hydrogens (tertiary/aromatic N) is 8. The third-order valence-corrected chi connectivity index (χ3v) is 21.0. The summed E-state index contributed by atoms with van der Waals surface area (Å²) in [5.41, 5.74) is 40.0. The summed E-state index contributed by atoms with van der Waals surface area (Å²) < 4.78 is 60.8. The van der Waals surface area contributed by atoms with E-state index in [1.54, 1.807) is 107 Å². The minimum Gasteiger partial charge on any atom is -0.480 e. The van der Waals surface area contributed by atoms with Crippen LogP contribution in [0.5, 0.6) is 5.75 Å². The number of aliphatic carboxylic acids is 1. The number of Topliss-reactive ketones (excluding diaryl/α,β-unsaturated/α-hetero) is 5. The molecule has 5 atom stereocenters. The number of rotatable bonds is 57. The summed E-state index contributed by atoms with van der Waals surface area (Å²) in [7, 11) is 0. The van der Waals surface area contributed by atoms with Crippen LogP contribution < -0.4 is 38.1 Å². The fourth-order valence-corrected chi connectivity index (χ4v) is 14.1. The number of fused-ring (bicyclic) bond motifs is 5. The van der Waals surface area contributed by atoms with Gasteiger partial charge in [-0.2, -0.15) is 0 Å². The number of nitrogens with one attached hydrogen (secondary N) is 2. The van der Waals surface area contributed by atoms with E-state index in [1.165, 1.54) is 0 Å². The molecular weight excluding hydrogens is 1780 g/mol. The Morgan fingerprint density at radius 2 is 1.07 bits per heavy atom. The van der Waals surface area contributed by atoms with Gasteiger partial charge in [-0.3, -0.25) is 38.4 Å². The summed E-state index contributed by atoms with van der Waals surface area (Å²) in [5.74, 6) is -3.82. The van der Waals surface area contributed by atoms with Crippen molar-refractivity contribution >= 4 is 69.7 Å². The molecule has 37 nitrogen and oxygen atoms in total. The number of azide groups is 2. The van der Waals surface area contributed by atoms with E-state index in [9.17, 15) is 63.0 Å². The monoisotopic (exact) mass is 1930 g/mol. The van der Waals surface area contributed by atoms with E-state index in [4.69, 9.17) is 84.1 Å². The zero-order valence-electron chi connectivity index (χ0n) is 81.9. The van der Waals surface area contributed by atoms with Crippen molar-refractivity contribution in [3.05, 3.63) is 220 Å². The number of aryl methyl sites for hydroxylation is 1. The molecule has 0 saturated heterocycles. The van der Waals surface area contributed by atoms with Gasteiger partial charge in [0, 0.05) is 93.4 Å². The Balaban J connectivity index is 0.000000488. The van der Waals surface area contributed by atoms with E-state index in [-0.39, 0.29) is 144 Å². The van der Waals surface area contributed by atoms with Crippen molar-refractivity contribution in [2.75, 3.05) is 105 Å². The van der Waals surface area contributed by atoms with Gasteiger partial charge in [0.05, 0.1) is 100.0 Å². The Kier molecular flexibility index (Phi) is 57.6. The van der Waals surface area contributed by atoms with Crippen LogP contribution in [0.25, 0.3) is 43.2 Å². The number of ketones is 5. The summed E-state index contributed by atoms with van der Waals surface area (Å²) in [6.45, 7) is 16.9. The van der Waals surface area contributed by atoms with E-state index in [0.717, 1.165) is 62.7 Å². The highest BCUT2D eigenvalue weighted by Gasteiger charge is 2.46. The van der Waals surface area contributed by atoms with Crippen LogP contribution in [-0.2, 0) is 145 Å². The van der Waals surface area contributed by atoms with Gasteiger partial charge in [0.15, 0.2) is 34.5 Å². The van der Waals surface area contributed by atoms with Crippen LogP contribution in [0.2, 0.25) is 0 Å². The number of carbonyl (C=O) groups excluding carboxylic acids is 9. The average molecular weight is 1930 g/mol. The van der Waals surface area contributed by atoms with E-state index in [0.29, 0.717) is 173 Å². The molecule has 0 radical (unpaired) electrons. The normalized spacial score (nSPS) is 13.4. The Labute approximate surface area is 810 Å². The van der Waals surface area contributed by atoms with Crippen LogP contribution in [0.4, 0.5) is 4.79 Å². The number of aliphatic hydroxyl groups is 3. The quantitative estimate of drug-likeness (QED) is 0.00427. The largest absolute Gasteiger partial charge is 0.514 e. The number of benzene rings is 5. The van der Waals surface area contributed by atoms with Crippen molar-refractivity contribution in [1.29, 1.82) is 0 Å². The predicted molar refractivity (Wildman–Crippen MR) is 522 cm³/mol. The molecule has 2 aliphatic heterocycles. The smallest absolute Gasteiger partial charge is 0.480 e. The molecule has 5 aromatic carbocycles. The van der Waals surface area contributed by atoms with Gasteiger partial charge in [0.25, 0.3) is 5.56 Å². The van der Waals surface area contributed by atoms with Gasteiger partial charge in [-0.25, -0.2) is 19.4 Å². The van der Waals surface area contributed by atoms with Crippen molar-refractivity contribution in [2.45, 2.75) is 235 Å². The summed E-state index contributed by atoms with van der Waals surface area (Å²) in [6, 6.07) is 38.0. The number of aliphatic hydroxyl groups excluding tert-OH is 2. The maximum atomic E-state index is 13.6. The second kappa shape index (κ2) is 68.2. The topological polar surface area (TPSA) is 569 Å². The number of cyclic esters (lactones) is 1. The van der Waals surface area contributed by atoms with Crippen LogP contribution in [0, 0.1) is 5.92 Å². The van der Waals surface area contributed by atoms with Gasteiger partial charge in [-0.1, -0.05) is 168 Å². The molecule has 4 unspecified atom stereocenters. The van der Waals surface area contributed by atoms with Gasteiger partial charge >= 0.3 is 18.1 Å². The summed E-state index contributed by atoms with van der Waals surface area (Å²) in [4.78, 5) is 147. The van der Waals surface area contributed by atoms with Crippen molar-refractivity contribution in [3.63, 3.8) is 0 Å². The van der Waals surface area contributed by atoms with Crippen molar-refractivity contribution in [2.24, 2.45) is 33.3 Å². The summed E-state index contributed by atoms with van der Waals surface area (Å²) in [6.07, 6.45) is 6.30. The Hall–Kier alpha value is -11.9. The third-order valence-electron chi connectivity index (χ3n) is 21.0. The molecule has 2 amide bonds. The second-order valence-corrected chi connectivity index (χ2v) is 32.5. The lowest BCUT2D eigenvalue weighted by atomic mass is 9.86. The molecule has 4 heterocycles. The molecule has 9 rings (SSSR count). The number of aromatic nitrogens is 2. The molecule has 7 aromatic rings. The molecule has 12 N–H and O–H groups in total. The zero-order chi connectivity index (χ0) is 102. The molecule has 0 aliphatic carbocycles. The Morgan fingerprint density at radius 3 is 1.54 bits per heavy atom. The lowest BCUT2D eigenvalue weighted by Gasteiger charge is -2.31. The molecule has 756 valence electrons. The summed E-state index contributed by atoms with van der Waals surface area (Å²) >= 11 is 0. The van der Waals surface area contributed by atoms with Crippen molar-refractivity contribution in [3.8, 4) is 17.1 Å². The molecule has 2 aromatic heterocycles. The van der Waals surface area contributed by atoms with E-state index < -0.39 is 65.9 Å². The number of unbranched alkanes of at least 4 members (excludes halogenated alkanes) is 2. The molecule has 0 spiro atoms. The van der Waals surface area contributed by atoms with Crippen LogP contribution >= 0.6 is 0 Å². The number of carboxylic acids is 1. The molecule has 0 fully saturated rings. The molecular formula is C101H143N13O24. The SMILES string of the molecule is C.CCc1c2c(nc3ccc(OC(=O)OC(C)(C)C)cc13)-c1cc3c(c(=O)n1C2)COC(=O)[C@]3(O)CC.NCCCCC(NC(=O)C(N)Cc1ccccc1)C(=O)Cc1ccc(CO)cc1.[3H]CC.[3H]CC.[N-]=[N+]=NCCOCCOCCCC(=O)COCC(=O)CC(Cc1ccccc1)C(=O)NC(CCCCN)C(=O)Cc1ccc(CO)cc1.[N-]=[N+]=NCCOCCOCCCC(=O)COCC(=O)O. The van der Waals surface area contributed by atoms with Crippen molar-refractivity contribution < 1.29 is 114 Å². The van der Waals surface area contributed by atoms with E-state index in [1.807, 2.05) is 79.7 Å². The zero-order valence-corrected chi connectivity index (χ0v) is 79.9. The summed E-state index contributed by atoms with van der Waals surface area (Å²) in [5, 5.41) is 51.0. The minimum absolute atomic E-state index is 0. The number of pyridine rings is 2. The van der Waals surface area contributed by atoms with E-state index >= 15 is 0 Å². The first kappa shape index (κ1) is 117. The first-order chi connectivity index (χ1) is 66.8. The standard InChI is InChI=1S/C35H49N5O8.C27H28N2O7.C23H31N3O3.C11H19N3O6.2C2H6.CH4/c36-15-5-4-10-33(34(44)22-28-11-13-29(24-41)14-12-28)39-35(45)30(21-27-7-2-1-3-8-27)23-32(43)26-48-25-31(42)9-6-17-46-19-20-47-18-16-38-40-37;1-6-15-16-10-14(35-25(32)36-26(3,4)5)8-9-20(16)28-22-17(15)12-29-21(22)11-19-18(23(29)30)13-34-24(31)27(19,33)7-2;24-13-5-4-8-21(22(28)15-18-9-11-19(16-27)12-10-18)26-23(29)20(25)14-17-6-2-1-3-7-17;12-14-13-3-5-19-7-6-18-4-1-2-10(15)8-20-9-11(16)17;2*1-2;/h1-3,7-8,11-14,30,33,41H,4-6,9-10,15-26,36H2,(H,39,45);8-11,33H,6-7,12-13H2,1-5H3;1-3,6-7,9-12,20-21,27H,4-5,8,13-16,24-25H2,(H,26,29);1-9H2,(H,16,17);2*1-2H3;1H4/t;27-;;;;;/m.0...../s1/i;;;;2*1T;. The third kappa shape index (κ3) is 44.3. The number of hydrogen-bond acceptors (Lipinski definition) is 29. The fraction of sp³-hybridized carbons (Fsp3) is 0.525. The number of amides is 2. The number of esters is 1. The number of carbonyl (C=O) groups is 10. The van der Waals surface area contributed by atoms with Gasteiger partial charge < -0.3 is 95.5 Å². The van der Waals surface area contributed by atoms with Crippen LogP contribution in [-0.4, -0.2) is 218 Å². The Bertz CT molecular complexity index is 5100. The van der Waals surface area contributed by atoms with Gasteiger partial charge in [0.2, 0.25) is 11.8 Å². The number of hydrogen-bond donors (Lipinski definition) is 9. The Morgan fingerprint density at radius 1 is 0.601 bits per heavy atom. The number of nitrogens with two attached hydrogens (primary N) is 3. The molecule has 37 heteroatoms. The lowest BCUT2D eigenvalue weighted by molar-refractivity contribution is -0.172. The minimum atomic E-state index is -1.87. The maximum Gasteiger partial charge on any atom is 0.514 e. The average Bonchev–Trinajstić information content (AvgIpc) is 1.56. The van der Waals surface area contributed by atoms with Gasteiger partial charge in [0.1, 0.15) is 44.4 Å². The molecule has 0 saturated carbocycles. The lowest BCUT2D eigenvalue weighted by Crippen LogP contribution is -2.49. The second-order valence-electron chi connectivity index (χ2n) is 32.5. The van der Waals surface area contributed by atoms with Crippen LogP contribution in [0.15, 0.2) is 148 Å². The maximum absolute atomic E-state index is 13.6. The molecule has 138 heavy (non-hydrogen) atoms.